The summed E-state index contributed by atoms with van der Waals surface area (Å²) in [5.41, 5.74) is 1.02. The van der Waals surface area contributed by atoms with Crippen molar-refractivity contribution in [1.29, 1.82) is 0 Å². The van der Waals surface area contributed by atoms with Gasteiger partial charge in [0.25, 0.3) is 0 Å². The summed E-state index contributed by atoms with van der Waals surface area (Å²) in [6.07, 6.45) is 8.09. The number of amides is 2. The summed E-state index contributed by atoms with van der Waals surface area (Å²) in [6, 6.07) is -0.0476. The van der Waals surface area contributed by atoms with Crippen LogP contribution in [0.4, 0.5) is 4.79 Å². The second-order valence-corrected chi connectivity index (χ2v) is 7.39. The van der Waals surface area contributed by atoms with E-state index in [9.17, 15) is 4.79 Å². The third-order valence-electron chi connectivity index (χ3n) is 5.43. The Balaban J connectivity index is 1.38. The number of hydrogen-bond donors (Lipinski definition) is 2. The number of H-pyrrole nitrogens is 1. The van der Waals surface area contributed by atoms with Gasteiger partial charge in [-0.05, 0) is 71.5 Å². The van der Waals surface area contributed by atoms with Gasteiger partial charge < -0.3 is 20.1 Å². The maximum Gasteiger partial charge on any atom is 0.317 e. The van der Waals surface area contributed by atoms with E-state index in [0.29, 0.717) is 0 Å². The highest BCUT2D eigenvalue weighted by molar-refractivity contribution is 5.74. The van der Waals surface area contributed by atoms with Gasteiger partial charge in [-0.3, -0.25) is 0 Å². The molecule has 0 aromatic carbocycles. The molecule has 2 fully saturated rings. The molecule has 0 spiro atoms. The minimum absolute atomic E-state index is 0.0366. The van der Waals surface area contributed by atoms with Gasteiger partial charge in [-0.1, -0.05) is 0 Å². The van der Waals surface area contributed by atoms with E-state index in [-0.39, 0.29) is 12.1 Å². The molecule has 1 aromatic rings. The fourth-order valence-corrected chi connectivity index (χ4v) is 3.79. The van der Waals surface area contributed by atoms with Gasteiger partial charge >= 0.3 is 6.03 Å². The number of nitrogens with one attached hydrogen (secondary N) is 2. The second kappa shape index (κ2) is 8.01. The predicted molar refractivity (Wildman–Crippen MR) is 94.9 cm³/mol. The molecule has 1 aromatic heterocycles. The third kappa shape index (κ3) is 4.50. The third-order valence-corrected chi connectivity index (χ3v) is 5.43. The van der Waals surface area contributed by atoms with E-state index in [1.54, 1.807) is 6.20 Å². The van der Waals surface area contributed by atoms with Crippen LogP contribution in [0.2, 0.25) is 0 Å². The molecular formula is C18H31N5O. The molecule has 2 amide bonds. The van der Waals surface area contributed by atoms with Crippen LogP contribution in [0.1, 0.15) is 56.6 Å². The Bertz CT molecular complexity index is 529. The molecule has 1 unspecified atom stereocenters. The van der Waals surface area contributed by atoms with Crippen LogP contribution in [0, 0.1) is 12.8 Å². The molecule has 0 radical (unpaired) electrons. The molecule has 3 rings (SSSR count). The molecule has 3 heterocycles. The topological polar surface area (TPSA) is 64.3 Å². The molecule has 24 heavy (non-hydrogen) atoms. The summed E-state index contributed by atoms with van der Waals surface area (Å²) in [4.78, 5) is 24.5. The SMILES string of the molecule is Cc1cnc(C(C)NC(=O)N2CCC(CCN3CCCC3)CC2)[nH]1. The van der Waals surface area contributed by atoms with Gasteiger partial charge in [0.2, 0.25) is 0 Å². The zero-order valence-electron chi connectivity index (χ0n) is 15.1. The van der Waals surface area contributed by atoms with Crippen molar-refractivity contribution >= 4 is 6.03 Å². The number of carbonyl (C=O) groups is 1. The number of aromatic amines is 1. The summed E-state index contributed by atoms with van der Waals surface area (Å²) in [7, 11) is 0. The Labute approximate surface area is 145 Å². The lowest BCUT2D eigenvalue weighted by Crippen LogP contribution is -2.45. The van der Waals surface area contributed by atoms with Gasteiger partial charge in [0.15, 0.2) is 0 Å². The van der Waals surface area contributed by atoms with Crippen molar-refractivity contribution in [1.82, 2.24) is 25.1 Å². The van der Waals surface area contributed by atoms with E-state index in [1.807, 2.05) is 18.7 Å². The highest BCUT2D eigenvalue weighted by Gasteiger charge is 2.25. The normalized spacial score (nSPS) is 21.2. The van der Waals surface area contributed by atoms with Crippen LogP contribution in [-0.2, 0) is 0 Å². The minimum Gasteiger partial charge on any atom is -0.344 e. The number of hydrogen-bond acceptors (Lipinski definition) is 3. The first-order valence-corrected chi connectivity index (χ1v) is 9.41. The van der Waals surface area contributed by atoms with Crippen LogP contribution in [0.25, 0.3) is 0 Å². The lowest BCUT2D eigenvalue weighted by atomic mass is 9.93. The van der Waals surface area contributed by atoms with Crippen LogP contribution in [0.15, 0.2) is 6.20 Å². The van der Waals surface area contributed by atoms with Crippen LogP contribution < -0.4 is 5.32 Å². The van der Waals surface area contributed by atoms with Gasteiger partial charge in [0.05, 0.1) is 6.04 Å². The number of nitrogens with zero attached hydrogens (tertiary/aromatic N) is 3. The molecule has 0 bridgehead atoms. The smallest absolute Gasteiger partial charge is 0.317 e. The van der Waals surface area contributed by atoms with Gasteiger partial charge in [-0.15, -0.1) is 0 Å². The fraction of sp³-hybridized carbons (Fsp3) is 0.778. The molecule has 134 valence electrons. The Morgan fingerprint density at radius 2 is 2.04 bits per heavy atom. The molecule has 2 aliphatic heterocycles. The van der Waals surface area contributed by atoms with E-state index in [1.165, 1.54) is 38.9 Å². The minimum atomic E-state index is -0.0842. The van der Waals surface area contributed by atoms with Crippen molar-refractivity contribution in [2.75, 3.05) is 32.7 Å². The molecular weight excluding hydrogens is 302 g/mol. The lowest BCUT2D eigenvalue weighted by molar-refractivity contribution is 0.160. The number of likely N-dealkylation sites (tertiary alicyclic amines) is 2. The number of piperidine rings is 1. The Morgan fingerprint density at radius 3 is 2.67 bits per heavy atom. The van der Waals surface area contributed by atoms with E-state index >= 15 is 0 Å². The molecule has 6 nitrogen and oxygen atoms in total. The zero-order valence-corrected chi connectivity index (χ0v) is 15.1. The summed E-state index contributed by atoms with van der Waals surface area (Å²) >= 11 is 0. The molecule has 6 heteroatoms. The molecule has 0 aliphatic carbocycles. The van der Waals surface area contributed by atoms with Gasteiger partial charge in [-0.2, -0.15) is 0 Å². The quantitative estimate of drug-likeness (QED) is 0.871. The number of rotatable bonds is 5. The molecule has 2 saturated heterocycles. The number of urea groups is 1. The van der Waals surface area contributed by atoms with E-state index in [0.717, 1.165) is 43.4 Å². The molecule has 2 aliphatic rings. The van der Waals surface area contributed by atoms with Crippen molar-refractivity contribution in [3.8, 4) is 0 Å². The van der Waals surface area contributed by atoms with Crippen molar-refractivity contribution in [2.24, 2.45) is 5.92 Å². The van der Waals surface area contributed by atoms with E-state index < -0.39 is 0 Å². The molecule has 2 N–H and O–H groups in total. The number of carbonyl (C=O) groups excluding carboxylic acids is 1. The number of aromatic nitrogens is 2. The number of aryl methyl sites for hydroxylation is 1. The Kier molecular flexibility index (Phi) is 5.76. The van der Waals surface area contributed by atoms with Crippen LogP contribution >= 0.6 is 0 Å². The maximum atomic E-state index is 12.4. The van der Waals surface area contributed by atoms with Crippen molar-refractivity contribution < 1.29 is 4.79 Å². The molecule has 0 saturated carbocycles. The first-order chi connectivity index (χ1) is 11.6. The second-order valence-electron chi connectivity index (χ2n) is 7.39. The zero-order chi connectivity index (χ0) is 16.9. The van der Waals surface area contributed by atoms with Crippen LogP contribution in [0.3, 0.4) is 0 Å². The largest absolute Gasteiger partial charge is 0.344 e. The van der Waals surface area contributed by atoms with E-state index in [2.05, 4.69) is 20.2 Å². The Hall–Kier alpha value is -1.56. The Morgan fingerprint density at radius 1 is 1.33 bits per heavy atom. The van der Waals surface area contributed by atoms with Crippen molar-refractivity contribution in [2.45, 2.75) is 52.0 Å². The number of imidazole rings is 1. The standard InChI is InChI=1S/C18H31N5O/c1-14-13-19-17(20-14)15(2)21-18(24)23-11-6-16(7-12-23)5-10-22-8-3-4-9-22/h13,15-16H,3-12H2,1-2H3,(H,19,20)(H,21,24). The van der Waals surface area contributed by atoms with Crippen LogP contribution in [0.5, 0.6) is 0 Å². The van der Waals surface area contributed by atoms with Crippen LogP contribution in [-0.4, -0.2) is 58.5 Å². The van der Waals surface area contributed by atoms with Crippen molar-refractivity contribution in [3.05, 3.63) is 17.7 Å². The highest BCUT2D eigenvalue weighted by atomic mass is 16.2. The van der Waals surface area contributed by atoms with Crippen molar-refractivity contribution in [3.63, 3.8) is 0 Å². The summed E-state index contributed by atoms with van der Waals surface area (Å²) in [5.74, 6) is 1.60. The lowest BCUT2D eigenvalue weighted by Gasteiger charge is -2.33. The monoisotopic (exact) mass is 333 g/mol. The summed E-state index contributed by atoms with van der Waals surface area (Å²) in [5, 5.41) is 3.06. The highest BCUT2D eigenvalue weighted by Crippen LogP contribution is 2.22. The average Bonchev–Trinajstić information content (AvgIpc) is 3.25. The average molecular weight is 333 g/mol. The summed E-state index contributed by atoms with van der Waals surface area (Å²) in [6.45, 7) is 9.50. The maximum absolute atomic E-state index is 12.4. The first kappa shape index (κ1) is 17.3. The molecule has 1 atom stereocenters. The van der Waals surface area contributed by atoms with Gasteiger partial charge in [-0.25, -0.2) is 9.78 Å². The van der Waals surface area contributed by atoms with Gasteiger partial charge in [0.1, 0.15) is 5.82 Å². The fourth-order valence-electron chi connectivity index (χ4n) is 3.79. The van der Waals surface area contributed by atoms with Gasteiger partial charge in [0, 0.05) is 25.0 Å². The summed E-state index contributed by atoms with van der Waals surface area (Å²) < 4.78 is 0. The first-order valence-electron chi connectivity index (χ1n) is 9.41. The van der Waals surface area contributed by atoms with E-state index in [4.69, 9.17) is 0 Å². The predicted octanol–water partition coefficient (Wildman–Crippen LogP) is 2.69.